The second kappa shape index (κ2) is 11.6. The molecule has 2 fully saturated rings. The molecule has 3 amide bonds. The number of urea groups is 1. The minimum atomic E-state index is -0.357. The lowest BCUT2D eigenvalue weighted by molar-refractivity contribution is -0.134. The molecule has 7 heteroatoms. The molecule has 1 aromatic rings. The summed E-state index contributed by atoms with van der Waals surface area (Å²) in [5.74, 6) is 1.49. The summed E-state index contributed by atoms with van der Waals surface area (Å²) in [5.41, 5.74) is 8.00. The van der Waals surface area contributed by atoms with E-state index in [0.29, 0.717) is 37.3 Å². The Morgan fingerprint density at radius 2 is 1.81 bits per heavy atom. The molecular formula is C25H35BrClN3O2. The molecule has 2 saturated heterocycles. The maximum absolute atomic E-state index is 12.9. The fourth-order valence-electron chi connectivity index (χ4n) is 5.36. The van der Waals surface area contributed by atoms with Gasteiger partial charge < -0.3 is 15.5 Å². The minimum absolute atomic E-state index is 0.253. The van der Waals surface area contributed by atoms with Crippen LogP contribution in [0.4, 0.5) is 4.79 Å². The average molecular weight is 525 g/mol. The van der Waals surface area contributed by atoms with Gasteiger partial charge in [-0.1, -0.05) is 40.5 Å². The lowest BCUT2D eigenvalue weighted by Gasteiger charge is -2.38. The fraction of sp³-hybridized carbons (Fsp3) is 0.600. The Balaban J connectivity index is 1.59. The van der Waals surface area contributed by atoms with Crippen molar-refractivity contribution in [2.75, 3.05) is 26.2 Å². The Morgan fingerprint density at radius 1 is 1.19 bits per heavy atom. The van der Waals surface area contributed by atoms with Gasteiger partial charge in [0.25, 0.3) is 0 Å². The quantitative estimate of drug-likeness (QED) is 0.462. The number of amides is 3. The van der Waals surface area contributed by atoms with Crippen LogP contribution < -0.4 is 5.73 Å². The van der Waals surface area contributed by atoms with Gasteiger partial charge in [0.15, 0.2) is 0 Å². The predicted molar refractivity (Wildman–Crippen MR) is 134 cm³/mol. The number of rotatable bonds is 7. The lowest BCUT2D eigenvalue weighted by Crippen LogP contribution is -2.44. The number of carbonyl (C=O) groups is 2. The van der Waals surface area contributed by atoms with Gasteiger partial charge in [0, 0.05) is 42.1 Å². The van der Waals surface area contributed by atoms with Crippen molar-refractivity contribution >= 4 is 39.5 Å². The Morgan fingerprint density at radius 3 is 2.38 bits per heavy atom. The molecule has 0 aromatic heterocycles. The monoisotopic (exact) mass is 523 g/mol. The molecule has 0 aliphatic carbocycles. The standard InChI is InChI=1S/C25H35BrClN3O2/c1-3-5-21(24-18(4-2)15-20(27)16-22(24)26)19-8-12-29(13-9-19)23(31)14-17-6-10-30(11-7-17)25(28)32/h3,15-17,19,21H,1,4-14H2,2H3,(H2,28,32). The topological polar surface area (TPSA) is 66.6 Å². The van der Waals surface area contributed by atoms with Crippen LogP contribution in [0, 0.1) is 11.8 Å². The number of hydrogen-bond acceptors (Lipinski definition) is 2. The van der Waals surface area contributed by atoms with E-state index in [0.717, 1.165) is 61.1 Å². The average Bonchev–Trinajstić information content (AvgIpc) is 2.78. The normalized spacial score (nSPS) is 19.1. The fourth-order valence-corrected chi connectivity index (χ4v) is 6.52. The van der Waals surface area contributed by atoms with Crippen LogP contribution in [-0.4, -0.2) is 47.9 Å². The summed E-state index contributed by atoms with van der Waals surface area (Å²) in [6, 6.07) is 3.72. The third-order valence-corrected chi connectivity index (χ3v) is 8.08. The van der Waals surface area contributed by atoms with E-state index in [-0.39, 0.29) is 11.9 Å². The lowest BCUT2D eigenvalue weighted by atomic mass is 9.76. The molecule has 2 N–H and O–H groups in total. The molecule has 2 heterocycles. The van der Waals surface area contributed by atoms with E-state index in [2.05, 4.69) is 35.5 Å². The summed E-state index contributed by atoms with van der Waals surface area (Å²) in [5, 5.41) is 0.761. The SMILES string of the molecule is C=CCC(c1c(Br)cc(Cl)cc1CC)C1CCN(C(=O)CC2CCN(C(N)=O)CC2)CC1. The van der Waals surface area contributed by atoms with E-state index in [4.69, 9.17) is 17.3 Å². The molecular weight excluding hydrogens is 490 g/mol. The van der Waals surface area contributed by atoms with Crippen molar-refractivity contribution in [3.8, 4) is 0 Å². The second-order valence-corrected chi connectivity index (χ2v) is 10.4. The summed E-state index contributed by atoms with van der Waals surface area (Å²) in [7, 11) is 0. The van der Waals surface area contributed by atoms with Crippen LogP contribution in [0.15, 0.2) is 29.3 Å². The third kappa shape index (κ3) is 6.07. The molecule has 1 atom stereocenters. The minimum Gasteiger partial charge on any atom is -0.351 e. The van der Waals surface area contributed by atoms with Gasteiger partial charge in [-0.3, -0.25) is 4.79 Å². The van der Waals surface area contributed by atoms with E-state index in [1.54, 1.807) is 4.90 Å². The van der Waals surface area contributed by atoms with Crippen LogP contribution in [0.2, 0.25) is 5.02 Å². The van der Waals surface area contributed by atoms with Crippen molar-refractivity contribution < 1.29 is 9.59 Å². The third-order valence-electron chi connectivity index (χ3n) is 7.20. The van der Waals surface area contributed by atoms with Crippen LogP contribution in [-0.2, 0) is 11.2 Å². The van der Waals surface area contributed by atoms with Crippen LogP contribution in [0.3, 0.4) is 0 Å². The molecule has 1 unspecified atom stereocenters. The largest absolute Gasteiger partial charge is 0.351 e. The molecule has 0 bridgehead atoms. The highest BCUT2D eigenvalue weighted by molar-refractivity contribution is 9.10. The zero-order valence-corrected chi connectivity index (χ0v) is 21.3. The number of carbonyl (C=O) groups excluding carboxylic acids is 2. The van der Waals surface area contributed by atoms with Gasteiger partial charge in [-0.25, -0.2) is 4.79 Å². The zero-order chi connectivity index (χ0) is 23.3. The Bertz CT molecular complexity index is 831. The van der Waals surface area contributed by atoms with Crippen molar-refractivity contribution in [2.24, 2.45) is 17.6 Å². The second-order valence-electron chi connectivity index (χ2n) is 9.14. The van der Waals surface area contributed by atoms with Gasteiger partial charge in [0.05, 0.1) is 0 Å². The first kappa shape index (κ1) is 25.1. The molecule has 0 saturated carbocycles. The van der Waals surface area contributed by atoms with E-state index in [9.17, 15) is 9.59 Å². The van der Waals surface area contributed by atoms with Gasteiger partial charge in [0.1, 0.15) is 0 Å². The molecule has 0 spiro atoms. The summed E-state index contributed by atoms with van der Waals surface area (Å²) in [6.07, 6.45) is 8.18. The maximum Gasteiger partial charge on any atom is 0.314 e. The van der Waals surface area contributed by atoms with Crippen LogP contribution >= 0.6 is 27.5 Å². The van der Waals surface area contributed by atoms with Gasteiger partial charge >= 0.3 is 6.03 Å². The van der Waals surface area contributed by atoms with Crippen molar-refractivity contribution in [3.63, 3.8) is 0 Å². The summed E-state index contributed by atoms with van der Waals surface area (Å²) in [6.45, 7) is 9.12. The number of nitrogens with two attached hydrogens (primary N) is 1. The van der Waals surface area contributed by atoms with Gasteiger partial charge in [-0.05, 0) is 79.5 Å². The Labute approximate surface area is 205 Å². The van der Waals surface area contributed by atoms with Gasteiger partial charge in [-0.2, -0.15) is 0 Å². The smallest absolute Gasteiger partial charge is 0.314 e. The summed E-state index contributed by atoms with van der Waals surface area (Å²) >= 11 is 10.1. The molecule has 5 nitrogen and oxygen atoms in total. The van der Waals surface area contributed by atoms with Crippen molar-refractivity contribution in [2.45, 2.75) is 57.8 Å². The van der Waals surface area contributed by atoms with Crippen molar-refractivity contribution in [3.05, 3.63) is 45.4 Å². The molecule has 176 valence electrons. The maximum atomic E-state index is 12.9. The van der Waals surface area contributed by atoms with Gasteiger partial charge in [-0.15, -0.1) is 6.58 Å². The number of hydrogen-bond donors (Lipinski definition) is 1. The first-order valence-corrected chi connectivity index (χ1v) is 12.9. The highest BCUT2D eigenvalue weighted by Gasteiger charge is 2.32. The van der Waals surface area contributed by atoms with Crippen molar-refractivity contribution in [1.82, 2.24) is 9.80 Å². The van der Waals surface area contributed by atoms with Crippen molar-refractivity contribution in [1.29, 1.82) is 0 Å². The predicted octanol–water partition coefficient (Wildman–Crippen LogP) is 5.74. The van der Waals surface area contributed by atoms with Crippen LogP contribution in [0.1, 0.15) is 62.5 Å². The summed E-state index contributed by atoms with van der Waals surface area (Å²) < 4.78 is 1.08. The first-order chi connectivity index (χ1) is 15.3. The Hall–Kier alpha value is -1.53. The number of aryl methyl sites for hydroxylation is 1. The van der Waals surface area contributed by atoms with E-state index >= 15 is 0 Å². The highest BCUT2D eigenvalue weighted by Crippen LogP contribution is 2.42. The Kier molecular flexibility index (Phi) is 9.06. The van der Waals surface area contributed by atoms with E-state index in [1.165, 1.54) is 11.1 Å². The molecule has 2 aliphatic rings. The number of likely N-dealkylation sites (tertiary alicyclic amines) is 2. The molecule has 2 aliphatic heterocycles. The van der Waals surface area contributed by atoms with Crippen LogP contribution in [0.5, 0.6) is 0 Å². The summed E-state index contributed by atoms with van der Waals surface area (Å²) in [4.78, 5) is 27.9. The van der Waals surface area contributed by atoms with E-state index < -0.39 is 0 Å². The zero-order valence-electron chi connectivity index (χ0n) is 19.0. The number of allylic oxidation sites excluding steroid dienone is 1. The number of piperidine rings is 2. The van der Waals surface area contributed by atoms with E-state index in [1.807, 2.05) is 17.0 Å². The first-order valence-electron chi connectivity index (χ1n) is 11.7. The van der Waals surface area contributed by atoms with Crippen LogP contribution in [0.25, 0.3) is 0 Å². The molecule has 0 radical (unpaired) electrons. The number of benzene rings is 1. The van der Waals surface area contributed by atoms with Gasteiger partial charge in [0.2, 0.25) is 5.91 Å². The number of primary amides is 1. The number of nitrogens with zero attached hydrogens (tertiary/aromatic N) is 2. The molecule has 3 rings (SSSR count). The molecule has 32 heavy (non-hydrogen) atoms. The molecule has 1 aromatic carbocycles. The number of halogens is 2. The highest BCUT2D eigenvalue weighted by atomic mass is 79.9.